The average molecular weight is 230 g/mol. The van der Waals surface area contributed by atoms with E-state index < -0.39 is 0 Å². The summed E-state index contributed by atoms with van der Waals surface area (Å²) in [6.07, 6.45) is 8.01. The van der Waals surface area contributed by atoms with Crippen LogP contribution in [0.2, 0.25) is 0 Å². The normalized spacial score (nSPS) is 16.1. The van der Waals surface area contributed by atoms with E-state index in [2.05, 4.69) is 17.9 Å². The Morgan fingerprint density at radius 1 is 1.35 bits per heavy atom. The lowest BCUT2D eigenvalue weighted by atomic mass is 10.0. The summed E-state index contributed by atoms with van der Waals surface area (Å²) in [5.41, 5.74) is 8.56. The summed E-state index contributed by atoms with van der Waals surface area (Å²) >= 11 is 0. The molecule has 0 saturated carbocycles. The summed E-state index contributed by atoms with van der Waals surface area (Å²) < 4.78 is 5.24. The molecule has 3 nitrogen and oxygen atoms in total. The molecule has 1 heterocycles. The molecule has 2 N–H and O–H groups in total. The number of benzene rings is 1. The lowest BCUT2D eigenvalue weighted by Crippen LogP contribution is -2.31. The van der Waals surface area contributed by atoms with Gasteiger partial charge in [0.05, 0.1) is 7.11 Å². The predicted molar refractivity (Wildman–Crippen MR) is 69.6 cm³/mol. The Morgan fingerprint density at radius 2 is 2.18 bits per heavy atom. The number of hydrogen-bond donors (Lipinski definition) is 1. The first-order valence-corrected chi connectivity index (χ1v) is 5.71. The van der Waals surface area contributed by atoms with Gasteiger partial charge in [-0.05, 0) is 36.3 Å². The fourth-order valence-electron chi connectivity index (χ4n) is 1.93. The summed E-state index contributed by atoms with van der Waals surface area (Å²) in [6, 6.07) is 6.00. The predicted octanol–water partition coefficient (Wildman–Crippen LogP) is 2.35. The van der Waals surface area contributed by atoms with Crippen molar-refractivity contribution in [1.29, 1.82) is 0 Å². The van der Waals surface area contributed by atoms with Gasteiger partial charge in [-0.2, -0.15) is 0 Å². The molecule has 0 saturated heterocycles. The van der Waals surface area contributed by atoms with E-state index in [-0.39, 0.29) is 6.17 Å². The monoisotopic (exact) mass is 230 g/mol. The molecule has 0 amide bonds. The highest BCUT2D eigenvalue weighted by atomic mass is 16.5. The Bertz CT molecular complexity index is 452. The van der Waals surface area contributed by atoms with Crippen LogP contribution in [0.1, 0.15) is 17.3 Å². The van der Waals surface area contributed by atoms with E-state index in [1.54, 1.807) is 7.11 Å². The molecule has 3 heteroatoms. The molecule has 0 aliphatic carbocycles. The Hall–Kier alpha value is -1.74. The van der Waals surface area contributed by atoms with E-state index in [0.717, 1.165) is 17.9 Å². The van der Waals surface area contributed by atoms with Crippen molar-refractivity contribution in [3.63, 3.8) is 0 Å². The van der Waals surface area contributed by atoms with Gasteiger partial charge in [-0.25, -0.2) is 0 Å². The van der Waals surface area contributed by atoms with Crippen molar-refractivity contribution in [3.8, 4) is 5.75 Å². The Balaban J connectivity index is 2.26. The molecule has 0 bridgehead atoms. The Kier molecular flexibility index (Phi) is 3.49. The fourth-order valence-corrected chi connectivity index (χ4v) is 1.93. The van der Waals surface area contributed by atoms with Crippen LogP contribution in [0.4, 0.5) is 0 Å². The first kappa shape index (κ1) is 11.7. The number of hydrogen-bond acceptors (Lipinski definition) is 3. The van der Waals surface area contributed by atoms with Crippen LogP contribution in [0.3, 0.4) is 0 Å². The minimum Gasteiger partial charge on any atom is -0.497 e. The molecule has 0 radical (unpaired) electrons. The van der Waals surface area contributed by atoms with Gasteiger partial charge in [0.2, 0.25) is 0 Å². The quantitative estimate of drug-likeness (QED) is 0.866. The van der Waals surface area contributed by atoms with Crippen molar-refractivity contribution in [2.24, 2.45) is 5.73 Å². The van der Waals surface area contributed by atoms with Crippen LogP contribution in [0, 0.1) is 6.92 Å². The highest BCUT2D eigenvalue weighted by Crippen LogP contribution is 2.25. The molecule has 0 spiro atoms. The second-order valence-electron chi connectivity index (χ2n) is 4.13. The van der Waals surface area contributed by atoms with Crippen molar-refractivity contribution in [2.45, 2.75) is 13.1 Å². The van der Waals surface area contributed by atoms with Crippen molar-refractivity contribution in [1.82, 2.24) is 4.90 Å². The maximum atomic E-state index is 6.28. The molecule has 2 rings (SSSR count). The zero-order valence-corrected chi connectivity index (χ0v) is 10.3. The van der Waals surface area contributed by atoms with Gasteiger partial charge in [-0.15, -0.1) is 0 Å². The number of allylic oxidation sites excluding steroid dienone is 2. The van der Waals surface area contributed by atoms with Crippen LogP contribution in [-0.2, 0) is 0 Å². The molecule has 0 fully saturated rings. The van der Waals surface area contributed by atoms with Crippen molar-refractivity contribution in [2.75, 3.05) is 13.7 Å². The first-order chi connectivity index (χ1) is 8.22. The van der Waals surface area contributed by atoms with Gasteiger partial charge in [0.1, 0.15) is 11.9 Å². The number of aryl methyl sites for hydroxylation is 1. The highest BCUT2D eigenvalue weighted by molar-refractivity contribution is 5.37. The van der Waals surface area contributed by atoms with Gasteiger partial charge >= 0.3 is 0 Å². The van der Waals surface area contributed by atoms with Crippen LogP contribution >= 0.6 is 0 Å². The molecule has 17 heavy (non-hydrogen) atoms. The Labute approximate surface area is 102 Å². The summed E-state index contributed by atoms with van der Waals surface area (Å²) in [5, 5.41) is 0. The summed E-state index contributed by atoms with van der Waals surface area (Å²) in [4.78, 5) is 2.10. The second kappa shape index (κ2) is 5.06. The second-order valence-corrected chi connectivity index (χ2v) is 4.13. The van der Waals surface area contributed by atoms with E-state index in [1.165, 1.54) is 5.56 Å². The van der Waals surface area contributed by atoms with E-state index in [4.69, 9.17) is 10.5 Å². The van der Waals surface area contributed by atoms with Gasteiger partial charge in [-0.3, -0.25) is 0 Å². The zero-order chi connectivity index (χ0) is 12.3. The largest absolute Gasteiger partial charge is 0.497 e. The molecule has 1 aromatic carbocycles. The molecule has 90 valence electrons. The van der Waals surface area contributed by atoms with E-state index in [1.807, 2.05) is 36.6 Å². The molecular weight excluding hydrogens is 212 g/mol. The molecule has 0 aromatic heterocycles. The van der Waals surface area contributed by atoms with E-state index in [0.29, 0.717) is 0 Å². The summed E-state index contributed by atoms with van der Waals surface area (Å²) in [5.74, 6) is 0.845. The number of ether oxygens (including phenoxy) is 1. The van der Waals surface area contributed by atoms with E-state index in [9.17, 15) is 0 Å². The zero-order valence-electron chi connectivity index (χ0n) is 10.3. The van der Waals surface area contributed by atoms with Gasteiger partial charge in [0.15, 0.2) is 0 Å². The number of nitrogens with zero attached hydrogens (tertiary/aromatic N) is 1. The topological polar surface area (TPSA) is 38.5 Å². The average Bonchev–Trinajstić information content (AvgIpc) is 2.39. The number of rotatable bonds is 3. The van der Waals surface area contributed by atoms with Gasteiger partial charge in [0.25, 0.3) is 0 Å². The smallest absolute Gasteiger partial charge is 0.119 e. The minimum absolute atomic E-state index is 0.133. The number of methoxy groups -OCH3 is 1. The molecule has 1 atom stereocenters. The van der Waals surface area contributed by atoms with Crippen LogP contribution < -0.4 is 10.5 Å². The molecule has 1 aromatic rings. The molecule has 1 unspecified atom stereocenters. The fraction of sp³-hybridized carbons (Fsp3) is 0.286. The molecular formula is C14H18N2O. The van der Waals surface area contributed by atoms with Gasteiger partial charge < -0.3 is 15.4 Å². The molecule has 1 aliphatic heterocycles. The van der Waals surface area contributed by atoms with Crippen molar-refractivity contribution >= 4 is 0 Å². The van der Waals surface area contributed by atoms with Crippen LogP contribution in [0.5, 0.6) is 5.75 Å². The van der Waals surface area contributed by atoms with Crippen LogP contribution in [-0.4, -0.2) is 18.6 Å². The maximum Gasteiger partial charge on any atom is 0.119 e. The standard InChI is InChI=1S/C14H18N2O/c1-11-6-7-12(17-2)10-13(11)14(15)16-8-4-3-5-9-16/h3-8,10,14H,9,15H2,1-2H3. The number of nitrogens with two attached hydrogens (primary N) is 1. The van der Waals surface area contributed by atoms with Gasteiger partial charge in [0, 0.05) is 12.7 Å². The van der Waals surface area contributed by atoms with E-state index >= 15 is 0 Å². The third-order valence-corrected chi connectivity index (χ3v) is 3.00. The van der Waals surface area contributed by atoms with Crippen LogP contribution in [0.25, 0.3) is 0 Å². The third-order valence-electron chi connectivity index (χ3n) is 3.00. The van der Waals surface area contributed by atoms with Crippen molar-refractivity contribution in [3.05, 3.63) is 53.8 Å². The maximum absolute atomic E-state index is 6.28. The highest BCUT2D eigenvalue weighted by Gasteiger charge is 2.15. The van der Waals surface area contributed by atoms with Gasteiger partial charge in [-0.1, -0.05) is 18.2 Å². The third kappa shape index (κ3) is 2.50. The van der Waals surface area contributed by atoms with Crippen LogP contribution in [0.15, 0.2) is 42.6 Å². The summed E-state index contributed by atoms with van der Waals surface area (Å²) in [7, 11) is 1.67. The minimum atomic E-state index is -0.133. The Morgan fingerprint density at radius 3 is 2.82 bits per heavy atom. The lowest BCUT2D eigenvalue weighted by Gasteiger charge is -2.29. The lowest BCUT2D eigenvalue weighted by molar-refractivity contribution is 0.309. The molecule has 1 aliphatic rings. The van der Waals surface area contributed by atoms with Crippen molar-refractivity contribution < 1.29 is 4.74 Å². The SMILES string of the molecule is COc1ccc(C)c(C(N)N2C=CC=CC2)c1. The summed E-state index contributed by atoms with van der Waals surface area (Å²) in [6.45, 7) is 2.91. The first-order valence-electron chi connectivity index (χ1n) is 5.71.